The molecule has 1 heterocycles. The maximum absolute atomic E-state index is 12.8. The number of hydrogen-bond acceptors (Lipinski definition) is 2. The molecule has 1 saturated heterocycles. The molecule has 1 aromatic carbocycles. The van der Waals surface area contributed by atoms with Crippen molar-refractivity contribution in [2.45, 2.75) is 63.5 Å². The number of rotatable bonds is 1. The van der Waals surface area contributed by atoms with Gasteiger partial charge in [-0.3, -0.25) is 9.69 Å². The molecule has 1 aliphatic carbocycles. The lowest BCUT2D eigenvalue weighted by molar-refractivity contribution is -0.118. The molecule has 1 unspecified atom stereocenters. The van der Waals surface area contributed by atoms with Crippen LogP contribution in [0.1, 0.15) is 53.4 Å². The average Bonchev–Trinajstić information content (AvgIpc) is 2.71. The fourth-order valence-electron chi connectivity index (χ4n) is 4.04. The summed E-state index contributed by atoms with van der Waals surface area (Å²) in [5, 5.41) is 0.0699. The number of halogens is 1. The topological polar surface area (TPSA) is 20.3 Å². The van der Waals surface area contributed by atoms with Gasteiger partial charge >= 0.3 is 0 Å². The van der Waals surface area contributed by atoms with Crippen LogP contribution in [0.4, 0.5) is 5.69 Å². The standard InChI is InChI=1S/C19H26INOS/c1-13-17(22)21(16-7-5-15(20)6-8-16)19(23-13)11-9-14(10-12-19)18(2,3)4/h5-8,13-14H,9-12H2,1-4H3. The molecule has 0 aromatic heterocycles. The van der Waals surface area contributed by atoms with Crippen LogP contribution in [-0.4, -0.2) is 16.0 Å². The van der Waals surface area contributed by atoms with Gasteiger partial charge in [-0.1, -0.05) is 20.8 Å². The minimum atomic E-state index is -0.0228. The van der Waals surface area contributed by atoms with Crippen LogP contribution in [0, 0.1) is 14.9 Å². The monoisotopic (exact) mass is 443 g/mol. The van der Waals surface area contributed by atoms with Crippen molar-refractivity contribution in [3.8, 4) is 0 Å². The molecule has 2 nitrogen and oxygen atoms in total. The SMILES string of the molecule is CC1SC2(CCC(C(C)(C)C)CC2)N(c2ccc(I)cc2)C1=O. The summed E-state index contributed by atoms with van der Waals surface area (Å²) in [5.41, 5.74) is 1.44. The van der Waals surface area contributed by atoms with Gasteiger partial charge < -0.3 is 0 Å². The number of benzene rings is 1. The van der Waals surface area contributed by atoms with E-state index in [1.807, 2.05) is 11.8 Å². The third-order valence-corrected chi connectivity index (χ3v) is 7.75. The Hall–Kier alpha value is -0.230. The summed E-state index contributed by atoms with van der Waals surface area (Å²) >= 11 is 4.21. The molecule has 23 heavy (non-hydrogen) atoms. The first-order chi connectivity index (χ1) is 10.7. The van der Waals surface area contributed by atoms with E-state index in [1.54, 1.807) is 0 Å². The Bertz CT molecular complexity index is 584. The molecular weight excluding hydrogens is 417 g/mol. The van der Waals surface area contributed by atoms with Crippen molar-refractivity contribution >= 4 is 45.9 Å². The Labute approximate surface area is 157 Å². The highest BCUT2D eigenvalue weighted by molar-refractivity contribution is 14.1. The van der Waals surface area contributed by atoms with Crippen LogP contribution < -0.4 is 4.90 Å². The van der Waals surface area contributed by atoms with Gasteiger partial charge in [0, 0.05) is 9.26 Å². The maximum atomic E-state index is 12.8. The molecule has 4 heteroatoms. The van der Waals surface area contributed by atoms with Crippen LogP contribution >= 0.6 is 34.4 Å². The molecule has 2 fully saturated rings. The number of thioether (sulfide) groups is 1. The minimum absolute atomic E-state index is 0.0228. The molecule has 1 atom stereocenters. The highest BCUT2D eigenvalue weighted by Gasteiger charge is 2.52. The summed E-state index contributed by atoms with van der Waals surface area (Å²) in [6, 6.07) is 8.42. The summed E-state index contributed by atoms with van der Waals surface area (Å²) in [6.07, 6.45) is 4.66. The number of carbonyl (C=O) groups is 1. The first-order valence-corrected chi connectivity index (χ1v) is 10.5. The summed E-state index contributed by atoms with van der Waals surface area (Å²) in [4.78, 5) is 14.9. The first-order valence-electron chi connectivity index (χ1n) is 8.50. The Morgan fingerprint density at radius 3 is 2.26 bits per heavy atom. The van der Waals surface area contributed by atoms with E-state index < -0.39 is 0 Å². The highest BCUT2D eigenvalue weighted by Crippen LogP contribution is 2.54. The Morgan fingerprint density at radius 1 is 1.17 bits per heavy atom. The lowest BCUT2D eigenvalue weighted by Gasteiger charge is -2.45. The second kappa shape index (κ2) is 6.25. The third kappa shape index (κ3) is 3.30. The van der Waals surface area contributed by atoms with E-state index in [4.69, 9.17) is 0 Å². The normalized spacial score (nSPS) is 31.9. The Kier molecular flexibility index (Phi) is 4.78. The van der Waals surface area contributed by atoms with E-state index in [0.29, 0.717) is 5.41 Å². The number of amides is 1. The van der Waals surface area contributed by atoms with Gasteiger partial charge in [-0.05, 0) is 90.8 Å². The second-order valence-corrected chi connectivity index (χ2v) is 10.9. The van der Waals surface area contributed by atoms with Crippen molar-refractivity contribution in [2.75, 3.05) is 4.90 Å². The average molecular weight is 443 g/mol. The quantitative estimate of drug-likeness (QED) is 0.520. The molecule has 126 valence electrons. The van der Waals surface area contributed by atoms with Crippen molar-refractivity contribution in [1.82, 2.24) is 0 Å². The zero-order valence-corrected chi connectivity index (χ0v) is 17.4. The zero-order valence-electron chi connectivity index (χ0n) is 14.4. The van der Waals surface area contributed by atoms with Crippen LogP contribution in [0.2, 0.25) is 0 Å². The van der Waals surface area contributed by atoms with Gasteiger partial charge in [-0.2, -0.15) is 0 Å². The molecule has 0 radical (unpaired) electrons. The predicted molar refractivity (Wildman–Crippen MR) is 108 cm³/mol. The number of hydrogen-bond donors (Lipinski definition) is 0. The maximum Gasteiger partial charge on any atom is 0.241 e. The van der Waals surface area contributed by atoms with E-state index in [1.165, 1.54) is 16.4 Å². The van der Waals surface area contributed by atoms with Crippen molar-refractivity contribution in [1.29, 1.82) is 0 Å². The van der Waals surface area contributed by atoms with E-state index in [9.17, 15) is 4.79 Å². The molecule has 2 aliphatic rings. The lowest BCUT2D eigenvalue weighted by atomic mass is 9.71. The minimum Gasteiger partial charge on any atom is -0.296 e. The first kappa shape index (κ1) is 17.6. The van der Waals surface area contributed by atoms with E-state index in [-0.39, 0.29) is 16.0 Å². The van der Waals surface area contributed by atoms with Crippen LogP contribution in [0.5, 0.6) is 0 Å². The summed E-state index contributed by atoms with van der Waals surface area (Å²) < 4.78 is 1.21. The van der Waals surface area contributed by atoms with E-state index in [2.05, 4.69) is 79.5 Å². The number of nitrogens with zero attached hydrogens (tertiary/aromatic N) is 1. The summed E-state index contributed by atoms with van der Waals surface area (Å²) in [5.74, 6) is 1.05. The van der Waals surface area contributed by atoms with Crippen LogP contribution in [-0.2, 0) is 4.79 Å². The summed E-state index contributed by atoms with van der Waals surface area (Å²) in [7, 11) is 0. The highest BCUT2D eigenvalue weighted by atomic mass is 127. The zero-order chi connectivity index (χ0) is 16.8. The lowest BCUT2D eigenvalue weighted by Crippen LogP contribution is -2.48. The Morgan fingerprint density at radius 2 is 1.74 bits per heavy atom. The molecule has 0 N–H and O–H groups in total. The molecule has 0 bridgehead atoms. The number of carbonyl (C=O) groups excluding carboxylic acids is 1. The van der Waals surface area contributed by atoms with Crippen molar-refractivity contribution in [3.05, 3.63) is 27.8 Å². The van der Waals surface area contributed by atoms with Gasteiger partial charge in [0.25, 0.3) is 0 Å². The van der Waals surface area contributed by atoms with Gasteiger partial charge in [-0.15, -0.1) is 11.8 Å². The van der Waals surface area contributed by atoms with E-state index >= 15 is 0 Å². The summed E-state index contributed by atoms with van der Waals surface area (Å²) in [6.45, 7) is 9.11. The molecule has 1 aromatic rings. The van der Waals surface area contributed by atoms with E-state index in [0.717, 1.165) is 24.4 Å². The van der Waals surface area contributed by atoms with Crippen LogP contribution in [0.15, 0.2) is 24.3 Å². The molecule has 1 spiro atoms. The molecular formula is C19H26INOS. The van der Waals surface area contributed by atoms with Crippen LogP contribution in [0.25, 0.3) is 0 Å². The second-order valence-electron chi connectivity index (χ2n) is 8.00. The van der Waals surface area contributed by atoms with Gasteiger partial charge in [0.05, 0.1) is 10.1 Å². The fourth-order valence-corrected chi connectivity index (χ4v) is 6.04. The van der Waals surface area contributed by atoms with Gasteiger partial charge in [-0.25, -0.2) is 0 Å². The molecule has 1 amide bonds. The molecule has 3 rings (SSSR count). The van der Waals surface area contributed by atoms with Crippen molar-refractivity contribution in [3.63, 3.8) is 0 Å². The van der Waals surface area contributed by atoms with Gasteiger partial charge in [0.15, 0.2) is 0 Å². The fraction of sp³-hybridized carbons (Fsp3) is 0.632. The van der Waals surface area contributed by atoms with Gasteiger partial charge in [0.2, 0.25) is 5.91 Å². The molecule has 1 aliphatic heterocycles. The predicted octanol–water partition coefficient (Wildman–Crippen LogP) is 5.69. The largest absolute Gasteiger partial charge is 0.296 e. The Balaban J connectivity index is 1.88. The van der Waals surface area contributed by atoms with Crippen molar-refractivity contribution < 1.29 is 4.79 Å². The third-order valence-electron chi connectivity index (χ3n) is 5.45. The van der Waals surface area contributed by atoms with Gasteiger partial charge in [0.1, 0.15) is 0 Å². The number of anilines is 1. The van der Waals surface area contributed by atoms with Crippen LogP contribution in [0.3, 0.4) is 0 Å². The smallest absolute Gasteiger partial charge is 0.241 e. The van der Waals surface area contributed by atoms with Crippen molar-refractivity contribution in [2.24, 2.45) is 11.3 Å². The molecule has 1 saturated carbocycles.